The Morgan fingerprint density at radius 3 is 2.63 bits per heavy atom. The number of methoxy groups -OCH3 is 1. The van der Waals surface area contributed by atoms with Crippen LogP contribution < -0.4 is 15.4 Å². The van der Waals surface area contributed by atoms with E-state index in [1.165, 1.54) is 25.7 Å². The summed E-state index contributed by atoms with van der Waals surface area (Å²) in [5, 5.41) is 5.62. The first kappa shape index (κ1) is 27.3. The lowest BCUT2D eigenvalue weighted by molar-refractivity contribution is 0.00814. The van der Waals surface area contributed by atoms with Gasteiger partial charge in [0.25, 0.3) is 5.91 Å². The molecule has 3 rings (SSSR count). The van der Waals surface area contributed by atoms with Crippen LogP contribution in [0.1, 0.15) is 63.2 Å². The van der Waals surface area contributed by atoms with E-state index in [1.54, 1.807) is 37.3 Å². The Morgan fingerprint density at radius 2 is 1.94 bits per heavy atom. The van der Waals surface area contributed by atoms with Crippen LogP contribution in [0.3, 0.4) is 0 Å². The predicted molar refractivity (Wildman–Crippen MR) is 139 cm³/mol. The largest absolute Gasteiger partial charge is 0.491 e. The number of hydrogen-bond acceptors (Lipinski definition) is 5. The molecule has 2 N–H and O–H groups in total. The SMILES string of the molecule is CCCNC(=O)Nc1ccc2c(c1)C(=O)N(C)C[C@H](OC)[C@H](C)CN(CC1CCCC1)[C@H](C)CO2. The number of ether oxygens (including phenoxy) is 2. The van der Waals surface area contributed by atoms with E-state index in [0.29, 0.717) is 36.7 Å². The number of rotatable bonds is 6. The van der Waals surface area contributed by atoms with Crippen molar-refractivity contribution >= 4 is 17.6 Å². The van der Waals surface area contributed by atoms with Gasteiger partial charge in [-0.1, -0.05) is 26.7 Å². The molecule has 0 bridgehead atoms. The van der Waals surface area contributed by atoms with Gasteiger partial charge >= 0.3 is 6.03 Å². The molecule has 2 aliphatic rings. The highest BCUT2D eigenvalue weighted by molar-refractivity contribution is 5.99. The van der Waals surface area contributed by atoms with E-state index in [2.05, 4.69) is 29.4 Å². The lowest BCUT2D eigenvalue weighted by Crippen LogP contribution is -2.47. The maximum Gasteiger partial charge on any atom is 0.319 e. The number of carbonyl (C=O) groups excluding carboxylic acids is 2. The fourth-order valence-corrected chi connectivity index (χ4v) is 5.12. The van der Waals surface area contributed by atoms with Crippen molar-refractivity contribution in [2.45, 2.75) is 65.0 Å². The summed E-state index contributed by atoms with van der Waals surface area (Å²) in [6.45, 7) is 9.95. The fourth-order valence-electron chi connectivity index (χ4n) is 5.12. The zero-order valence-electron chi connectivity index (χ0n) is 22.1. The first-order chi connectivity index (χ1) is 16.8. The Labute approximate surface area is 210 Å². The van der Waals surface area contributed by atoms with Gasteiger partial charge in [0, 0.05) is 52.1 Å². The molecule has 8 nitrogen and oxygen atoms in total. The highest BCUT2D eigenvalue weighted by Crippen LogP contribution is 2.29. The number of likely N-dealkylation sites (N-methyl/N-ethyl adjacent to an activating group) is 1. The molecule has 0 aromatic heterocycles. The Hall–Kier alpha value is -2.32. The van der Waals surface area contributed by atoms with E-state index in [-0.39, 0.29) is 30.0 Å². The number of nitrogens with zero attached hydrogens (tertiary/aromatic N) is 2. The van der Waals surface area contributed by atoms with Gasteiger partial charge in [-0.3, -0.25) is 9.69 Å². The van der Waals surface area contributed by atoms with Gasteiger partial charge in [-0.15, -0.1) is 0 Å². The molecule has 196 valence electrons. The molecular weight excluding hydrogens is 444 g/mol. The van der Waals surface area contributed by atoms with Crippen LogP contribution in [0.2, 0.25) is 0 Å². The van der Waals surface area contributed by atoms with E-state index in [9.17, 15) is 9.59 Å². The molecular formula is C27H44N4O4. The smallest absolute Gasteiger partial charge is 0.319 e. The highest BCUT2D eigenvalue weighted by atomic mass is 16.5. The maximum atomic E-state index is 13.5. The lowest BCUT2D eigenvalue weighted by atomic mass is 9.99. The number of amides is 3. The van der Waals surface area contributed by atoms with Gasteiger partial charge in [0.15, 0.2) is 0 Å². The molecule has 0 spiro atoms. The number of anilines is 1. The van der Waals surface area contributed by atoms with Crippen molar-refractivity contribution < 1.29 is 19.1 Å². The highest BCUT2D eigenvalue weighted by Gasteiger charge is 2.30. The van der Waals surface area contributed by atoms with Crippen LogP contribution in [0, 0.1) is 11.8 Å². The van der Waals surface area contributed by atoms with Crippen molar-refractivity contribution in [2.24, 2.45) is 11.8 Å². The maximum absolute atomic E-state index is 13.5. The Balaban J connectivity index is 1.86. The minimum atomic E-state index is -0.286. The molecule has 3 atom stereocenters. The van der Waals surface area contributed by atoms with Crippen molar-refractivity contribution in [1.29, 1.82) is 0 Å². The molecule has 1 aliphatic carbocycles. The standard InChI is InChI=1S/C27H44N4O4/c1-6-13-28-27(33)29-22-11-12-24-23(14-22)26(32)30(4)17-25(34-5)19(2)15-31(20(3)18-35-24)16-21-9-7-8-10-21/h11-12,14,19-21,25H,6-10,13,15-18H2,1-5H3,(H2,28,29,33)/t19-,20-,25+/m1/s1. The lowest BCUT2D eigenvalue weighted by Gasteiger charge is -2.37. The summed E-state index contributed by atoms with van der Waals surface area (Å²) in [7, 11) is 3.52. The quantitative estimate of drug-likeness (QED) is 0.627. The zero-order valence-corrected chi connectivity index (χ0v) is 22.1. The summed E-state index contributed by atoms with van der Waals surface area (Å²) in [5.41, 5.74) is 1.00. The number of nitrogens with one attached hydrogen (secondary N) is 2. The molecule has 0 unspecified atom stereocenters. The average molecular weight is 489 g/mol. The predicted octanol–water partition coefficient (Wildman–Crippen LogP) is 4.21. The number of urea groups is 1. The van der Waals surface area contributed by atoms with E-state index in [4.69, 9.17) is 9.47 Å². The third-order valence-corrected chi connectivity index (χ3v) is 7.33. The normalized spacial score (nSPS) is 24.8. The summed E-state index contributed by atoms with van der Waals surface area (Å²) >= 11 is 0. The van der Waals surface area contributed by atoms with Gasteiger partial charge in [0.2, 0.25) is 0 Å². The molecule has 0 radical (unpaired) electrons. The van der Waals surface area contributed by atoms with Gasteiger partial charge in [0.1, 0.15) is 12.4 Å². The van der Waals surface area contributed by atoms with Gasteiger partial charge < -0.3 is 25.0 Å². The molecule has 1 aromatic rings. The summed E-state index contributed by atoms with van der Waals surface area (Å²) < 4.78 is 12.1. The summed E-state index contributed by atoms with van der Waals surface area (Å²) in [5.74, 6) is 1.38. The molecule has 1 heterocycles. The first-order valence-corrected chi connectivity index (χ1v) is 13.2. The molecule has 1 saturated carbocycles. The van der Waals surface area contributed by atoms with Crippen LogP contribution in [-0.4, -0.2) is 80.8 Å². The summed E-state index contributed by atoms with van der Waals surface area (Å²) in [6, 6.07) is 5.19. The Morgan fingerprint density at radius 1 is 1.20 bits per heavy atom. The van der Waals surface area contributed by atoms with E-state index >= 15 is 0 Å². The average Bonchev–Trinajstić information content (AvgIpc) is 3.36. The van der Waals surface area contributed by atoms with Crippen LogP contribution in [0.15, 0.2) is 18.2 Å². The van der Waals surface area contributed by atoms with Crippen molar-refractivity contribution in [3.63, 3.8) is 0 Å². The van der Waals surface area contributed by atoms with E-state index in [1.807, 2.05) is 6.92 Å². The zero-order chi connectivity index (χ0) is 25.4. The topological polar surface area (TPSA) is 83.1 Å². The molecule has 1 aliphatic heterocycles. The van der Waals surface area contributed by atoms with Crippen molar-refractivity contribution in [2.75, 3.05) is 52.3 Å². The van der Waals surface area contributed by atoms with Crippen molar-refractivity contribution in [1.82, 2.24) is 15.1 Å². The monoisotopic (exact) mass is 488 g/mol. The molecule has 35 heavy (non-hydrogen) atoms. The van der Waals surface area contributed by atoms with Gasteiger partial charge in [-0.2, -0.15) is 0 Å². The molecule has 1 aromatic carbocycles. The van der Waals surface area contributed by atoms with E-state index in [0.717, 1.165) is 25.4 Å². The van der Waals surface area contributed by atoms with Crippen LogP contribution in [-0.2, 0) is 4.74 Å². The van der Waals surface area contributed by atoms with Gasteiger partial charge in [-0.25, -0.2) is 4.79 Å². The minimum Gasteiger partial charge on any atom is -0.491 e. The number of benzene rings is 1. The third-order valence-electron chi connectivity index (χ3n) is 7.33. The second-order valence-electron chi connectivity index (χ2n) is 10.3. The summed E-state index contributed by atoms with van der Waals surface area (Å²) in [6.07, 6.45) is 6.03. The second kappa shape index (κ2) is 13.1. The van der Waals surface area contributed by atoms with Crippen LogP contribution in [0.25, 0.3) is 0 Å². The van der Waals surface area contributed by atoms with Crippen molar-refractivity contribution in [3.8, 4) is 5.75 Å². The second-order valence-corrected chi connectivity index (χ2v) is 10.3. The summed E-state index contributed by atoms with van der Waals surface area (Å²) in [4.78, 5) is 29.9. The molecule has 3 amide bonds. The van der Waals surface area contributed by atoms with Gasteiger partial charge in [-0.05, 0) is 56.2 Å². The molecule has 1 fully saturated rings. The van der Waals surface area contributed by atoms with Gasteiger partial charge in [0.05, 0.1) is 11.7 Å². The van der Waals surface area contributed by atoms with Crippen LogP contribution in [0.4, 0.5) is 10.5 Å². The number of hydrogen-bond donors (Lipinski definition) is 2. The molecule has 0 saturated heterocycles. The Kier molecular flexibility index (Phi) is 10.2. The first-order valence-electron chi connectivity index (χ1n) is 13.2. The van der Waals surface area contributed by atoms with Crippen LogP contribution >= 0.6 is 0 Å². The number of carbonyl (C=O) groups is 2. The number of fused-ring (bicyclic) bond motifs is 1. The Bertz CT molecular complexity index is 842. The van der Waals surface area contributed by atoms with Crippen LogP contribution in [0.5, 0.6) is 5.75 Å². The third kappa shape index (κ3) is 7.58. The van der Waals surface area contributed by atoms with Crippen molar-refractivity contribution in [3.05, 3.63) is 23.8 Å². The minimum absolute atomic E-state index is 0.0767. The fraction of sp³-hybridized carbons (Fsp3) is 0.704. The van der Waals surface area contributed by atoms with E-state index < -0.39 is 0 Å². The molecule has 8 heteroatoms.